The lowest BCUT2D eigenvalue weighted by molar-refractivity contribution is -0.384. The number of nitro benzene ring substituents is 1. The lowest BCUT2D eigenvalue weighted by Crippen LogP contribution is -2.21. The highest BCUT2D eigenvalue weighted by Crippen LogP contribution is 2.26. The molecule has 0 saturated carbocycles. The number of benzene rings is 1. The van der Waals surface area contributed by atoms with Crippen molar-refractivity contribution < 1.29 is 4.92 Å². The topological polar surface area (TPSA) is 59.3 Å². The average molecular weight is 350 g/mol. The van der Waals surface area contributed by atoms with E-state index < -0.39 is 0 Å². The molecule has 1 aromatic heterocycles. The quantitative estimate of drug-likeness (QED) is 0.454. The van der Waals surface area contributed by atoms with Crippen molar-refractivity contribution >= 4 is 27.3 Å². The van der Waals surface area contributed by atoms with Crippen LogP contribution in [0.1, 0.15) is 11.1 Å². The van der Waals surface area contributed by atoms with Gasteiger partial charge < -0.3 is 4.90 Å². The number of alkyl halides is 1. The maximum atomic E-state index is 10.8. The molecule has 1 aromatic carbocycles. The third kappa shape index (κ3) is 4.01. The van der Waals surface area contributed by atoms with Crippen LogP contribution in [0.2, 0.25) is 0 Å². The average Bonchev–Trinajstić information content (AvgIpc) is 2.52. The van der Waals surface area contributed by atoms with Crippen LogP contribution in [0, 0.1) is 10.1 Å². The zero-order valence-corrected chi connectivity index (χ0v) is 13.3. The fraction of sp³-hybridized carbons (Fsp3) is 0.267. The number of halogens is 1. The van der Waals surface area contributed by atoms with Gasteiger partial charge in [-0.05, 0) is 35.7 Å². The number of likely N-dealkylation sites (N-methyl/N-ethyl adjacent to an activating group) is 1. The molecule has 0 aliphatic rings. The van der Waals surface area contributed by atoms with Gasteiger partial charge in [0.05, 0.1) is 4.92 Å². The molecule has 2 aromatic rings. The SMILES string of the molecule is CN(CCc1ccncc1)c1ccc([N+](=O)[O-])cc1CBr. The van der Waals surface area contributed by atoms with Gasteiger partial charge in [0.25, 0.3) is 5.69 Å². The minimum Gasteiger partial charge on any atom is -0.374 e. The van der Waals surface area contributed by atoms with E-state index in [9.17, 15) is 10.1 Å². The Kier molecular flexibility index (Phi) is 5.27. The van der Waals surface area contributed by atoms with Crippen molar-refractivity contribution in [3.8, 4) is 0 Å². The molecular weight excluding hydrogens is 334 g/mol. The number of nitrogens with zero attached hydrogens (tertiary/aromatic N) is 3. The van der Waals surface area contributed by atoms with Crippen LogP contribution in [0.3, 0.4) is 0 Å². The summed E-state index contributed by atoms with van der Waals surface area (Å²) in [6.07, 6.45) is 4.47. The molecule has 110 valence electrons. The Bertz CT molecular complexity index is 620. The Morgan fingerprint density at radius 2 is 2.00 bits per heavy atom. The van der Waals surface area contributed by atoms with Gasteiger partial charge in [0, 0.05) is 49.1 Å². The predicted octanol–water partition coefficient (Wildman–Crippen LogP) is 3.56. The van der Waals surface area contributed by atoms with Gasteiger partial charge in [0.1, 0.15) is 0 Å². The molecule has 0 unspecified atom stereocenters. The number of hydrogen-bond donors (Lipinski definition) is 0. The van der Waals surface area contributed by atoms with Crippen molar-refractivity contribution in [3.05, 3.63) is 64.0 Å². The summed E-state index contributed by atoms with van der Waals surface area (Å²) in [4.78, 5) is 16.6. The van der Waals surface area contributed by atoms with E-state index in [0.29, 0.717) is 5.33 Å². The Labute approximate surface area is 131 Å². The van der Waals surface area contributed by atoms with Crippen LogP contribution in [0.15, 0.2) is 42.7 Å². The van der Waals surface area contributed by atoms with E-state index >= 15 is 0 Å². The Morgan fingerprint density at radius 3 is 2.62 bits per heavy atom. The lowest BCUT2D eigenvalue weighted by atomic mass is 10.1. The molecule has 0 radical (unpaired) electrons. The summed E-state index contributed by atoms with van der Waals surface area (Å²) in [6.45, 7) is 0.835. The highest BCUT2D eigenvalue weighted by atomic mass is 79.9. The van der Waals surface area contributed by atoms with Crippen LogP contribution in [0.4, 0.5) is 11.4 Å². The van der Waals surface area contributed by atoms with Crippen LogP contribution < -0.4 is 4.90 Å². The molecule has 0 atom stereocenters. The number of non-ortho nitro benzene ring substituents is 1. The summed E-state index contributed by atoms with van der Waals surface area (Å²) in [7, 11) is 1.99. The van der Waals surface area contributed by atoms with E-state index in [-0.39, 0.29) is 10.6 Å². The number of pyridine rings is 1. The molecule has 5 nitrogen and oxygen atoms in total. The van der Waals surface area contributed by atoms with Crippen molar-refractivity contribution in [2.45, 2.75) is 11.8 Å². The largest absolute Gasteiger partial charge is 0.374 e. The normalized spacial score (nSPS) is 10.4. The van der Waals surface area contributed by atoms with Gasteiger partial charge in [0.2, 0.25) is 0 Å². The number of rotatable bonds is 6. The third-order valence-electron chi connectivity index (χ3n) is 3.31. The Balaban J connectivity index is 2.11. The molecule has 2 rings (SSSR count). The van der Waals surface area contributed by atoms with E-state index in [4.69, 9.17) is 0 Å². The van der Waals surface area contributed by atoms with Crippen molar-refractivity contribution in [2.24, 2.45) is 0 Å². The summed E-state index contributed by atoms with van der Waals surface area (Å²) in [5, 5.41) is 11.4. The minimum atomic E-state index is -0.368. The molecule has 0 fully saturated rings. The maximum absolute atomic E-state index is 10.8. The van der Waals surface area contributed by atoms with Gasteiger partial charge in [-0.1, -0.05) is 15.9 Å². The number of nitro groups is 1. The molecular formula is C15H16BrN3O2. The second kappa shape index (κ2) is 7.17. The molecule has 0 amide bonds. The van der Waals surface area contributed by atoms with Crippen molar-refractivity contribution in [2.75, 3.05) is 18.5 Å². The first kappa shape index (κ1) is 15.4. The molecule has 0 aliphatic heterocycles. The highest BCUT2D eigenvalue weighted by molar-refractivity contribution is 9.08. The van der Waals surface area contributed by atoms with Gasteiger partial charge in [0.15, 0.2) is 0 Å². The lowest BCUT2D eigenvalue weighted by Gasteiger charge is -2.22. The first-order valence-electron chi connectivity index (χ1n) is 6.55. The molecule has 0 N–H and O–H groups in total. The summed E-state index contributed by atoms with van der Waals surface area (Å²) in [6, 6.07) is 8.96. The smallest absolute Gasteiger partial charge is 0.269 e. The van der Waals surface area contributed by atoms with Gasteiger partial charge in [-0.15, -0.1) is 0 Å². The van der Waals surface area contributed by atoms with Gasteiger partial charge in [-0.2, -0.15) is 0 Å². The fourth-order valence-electron chi connectivity index (χ4n) is 2.13. The van der Waals surface area contributed by atoms with Gasteiger partial charge in [-0.25, -0.2) is 0 Å². The standard InChI is InChI=1S/C15H16BrN3O2/c1-18(9-6-12-4-7-17-8-5-12)15-3-2-14(19(20)21)10-13(15)11-16/h2-5,7-8,10H,6,9,11H2,1H3. The van der Waals surface area contributed by atoms with Crippen molar-refractivity contribution in [1.29, 1.82) is 0 Å². The predicted molar refractivity (Wildman–Crippen MR) is 86.9 cm³/mol. The van der Waals surface area contributed by atoms with Gasteiger partial charge in [-0.3, -0.25) is 15.1 Å². The second-order valence-corrected chi connectivity index (χ2v) is 5.29. The van der Waals surface area contributed by atoms with E-state index in [2.05, 4.69) is 25.8 Å². The van der Waals surface area contributed by atoms with E-state index in [1.165, 1.54) is 5.56 Å². The van der Waals surface area contributed by atoms with Crippen LogP contribution in [-0.4, -0.2) is 23.5 Å². The van der Waals surface area contributed by atoms with E-state index in [1.807, 2.05) is 19.2 Å². The second-order valence-electron chi connectivity index (χ2n) is 4.73. The van der Waals surface area contributed by atoms with Crippen LogP contribution >= 0.6 is 15.9 Å². The summed E-state index contributed by atoms with van der Waals surface area (Å²) >= 11 is 3.40. The summed E-state index contributed by atoms with van der Waals surface area (Å²) < 4.78 is 0. The maximum Gasteiger partial charge on any atom is 0.269 e. The van der Waals surface area contributed by atoms with Crippen LogP contribution in [-0.2, 0) is 11.8 Å². The number of aromatic nitrogens is 1. The van der Waals surface area contributed by atoms with E-state index in [1.54, 1.807) is 30.6 Å². The molecule has 21 heavy (non-hydrogen) atoms. The Morgan fingerprint density at radius 1 is 1.29 bits per heavy atom. The monoisotopic (exact) mass is 349 g/mol. The highest BCUT2D eigenvalue weighted by Gasteiger charge is 2.12. The van der Waals surface area contributed by atoms with Gasteiger partial charge >= 0.3 is 0 Å². The molecule has 0 spiro atoms. The van der Waals surface area contributed by atoms with E-state index in [0.717, 1.165) is 24.2 Å². The zero-order valence-electron chi connectivity index (χ0n) is 11.7. The molecule has 6 heteroatoms. The minimum absolute atomic E-state index is 0.121. The molecule has 0 aliphatic carbocycles. The third-order valence-corrected chi connectivity index (χ3v) is 3.92. The number of hydrogen-bond acceptors (Lipinski definition) is 4. The fourth-order valence-corrected chi connectivity index (χ4v) is 2.58. The molecule has 0 bridgehead atoms. The summed E-state index contributed by atoms with van der Waals surface area (Å²) in [5.41, 5.74) is 3.27. The van der Waals surface area contributed by atoms with Crippen LogP contribution in [0.25, 0.3) is 0 Å². The number of anilines is 1. The first-order chi connectivity index (χ1) is 10.1. The summed E-state index contributed by atoms with van der Waals surface area (Å²) in [5.74, 6) is 0. The van der Waals surface area contributed by atoms with Crippen molar-refractivity contribution in [3.63, 3.8) is 0 Å². The van der Waals surface area contributed by atoms with Crippen molar-refractivity contribution in [1.82, 2.24) is 4.98 Å². The Hall–Kier alpha value is -1.95. The van der Waals surface area contributed by atoms with Crippen LogP contribution in [0.5, 0.6) is 0 Å². The zero-order chi connectivity index (χ0) is 15.2. The molecule has 0 saturated heterocycles. The first-order valence-corrected chi connectivity index (χ1v) is 7.67. The molecule has 1 heterocycles.